The first-order valence-corrected chi connectivity index (χ1v) is 12.8. The highest BCUT2D eigenvalue weighted by Gasteiger charge is 2.54. The second kappa shape index (κ2) is 8.63. The van der Waals surface area contributed by atoms with Crippen LogP contribution in [0.1, 0.15) is 68.3 Å². The third kappa shape index (κ3) is 4.25. The summed E-state index contributed by atoms with van der Waals surface area (Å²) in [6, 6.07) is 0. The van der Waals surface area contributed by atoms with Crippen molar-refractivity contribution in [2.45, 2.75) is 63.4 Å². The van der Waals surface area contributed by atoms with Crippen molar-refractivity contribution in [3.63, 3.8) is 0 Å². The summed E-state index contributed by atoms with van der Waals surface area (Å²) in [5.41, 5.74) is -0.0463. The fourth-order valence-corrected chi connectivity index (χ4v) is 7.95. The molecule has 0 spiro atoms. The second-order valence-electron chi connectivity index (χ2n) is 11.3. The number of rotatable bonds is 7. The predicted molar refractivity (Wildman–Crippen MR) is 127 cm³/mol. The highest BCUT2D eigenvalue weighted by atomic mass is 35.5. The number of carbonyl (C=O) groups excluding carboxylic acids is 1. The fraction of sp³-hybridized carbons (Fsp3) is 0.833. The molecule has 1 N–H and O–H groups in total. The van der Waals surface area contributed by atoms with Crippen LogP contribution in [-0.2, 0) is 7.05 Å². The van der Waals surface area contributed by atoms with Crippen LogP contribution >= 0.6 is 11.6 Å². The number of hydrogen-bond donors (Lipinski definition) is 1. The average Bonchev–Trinajstić information content (AvgIpc) is 3.03. The first kappa shape index (κ1) is 22.7. The lowest BCUT2D eigenvalue weighted by Crippen LogP contribution is -2.54. The monoisotopic (exact) mass is 458 g/mol. The number of nitrogens with zero attached hydrogens (tertiary/aromatic N) is 4. The van der Waals surface area contributed by atoms with Crippen molar-refractivity contribution in [2.75, 3.05) is 31.6 Å². The minimum Gasteiger partial charge on any atom is -0.390 e. The van der Waals surface area contributed by atoms with Crippen LogP contribution in [0.25, 0.3) is 0 Å². The van der Waals surface area contributed by atoms with Gasteiger partial charge in [0.15, 0.2) is 13.8 Å². The third-order valence-electron chi connectivity index (χ3n) is 8.97. The summed E-state index contributed by atoms with van der Waals surface area (Å²) in [5.74, 6) is 3.53. The van der Waals surface area contributed by atoms with Crippen LogP contribution in [0.15, 0.2) is 0 Å². The number of ketones is 1. The third-order valence-corrected chi connectivity index (χ3v) is 9.31. The van der Waals surface area contributed by atoms with Gasteiger partial charge in [-0.05, 0) is 94.0 Å². The number of carbonyl (C=O) groups is 1. The van der Waals surface area contributed by atoms with Crippen LogP contribution in [0.5, 0.6) is 0 Å². The van der Waals surface area contributed by atoms with E-state index in [1.807, 2.05) is 18.9 Å². The molecule has 4 saturated carbocycles. The Morgan fingerprint density at radius 3 is 2.53 bits per heavy atom. The van der Waals surface area contributed by atoms with Crippen molar-refractivity contribution < 1.29 is 9.90 Å². The summed E-state index contributed by atoms with van der Waals surface area (Å²) in [6.07, 6.45) is 8.90. The number of Topliss-reactive ketones (excluding diaryl/α,β-unsaturated/α-hetero) is 1. The topological polar surface area (TPSA) is 61.6 Å². The van der Waals surface area contributed by atoms with E-state index in [2.05, 4.69) is 10.00 Å². The standard InChI is InChI=1S/C24H36BClN4O2/c1-28(6-3-15-4-7-30(25)8-5-15)23-21(26)22(27-29(23)2)20(31)11-19-17-9-16-10-18(19)14-24(32,12-16)13-17/h15-19,32H,3-14H2,1-2H3. The van der Waals surface area contributed by atoms with Gasteiger partial charge in [0.25, 0.3) is 0 Å². The number of anilines is 1. The highest BCUT2D eigenvalue weighted by molar-refractivity contribution is 6.36. The Balaban J connectivity index is 1.23. The molecule has 6 rings (SSSR count). The zero-order chi connectivity index (χ0) is 22.6. The Morgan fingerprint density at radius 1 is 1.25 bits per heavy atom. The normalized spacial score (nSPS) is 34.9. The molecule has 4 aliphatic carbocycles. The van der Waals surface area contributed by atoms with E-state index in [4.69, 9.17) is 19.6 Å². The van der Waals surface area contributed by atoms with Crippen LogP contribution < -0.4 is 4.90 Å². The molecule has 1 aromatic rings. The molecule has 32 heavy (non-hydrogen) atoms. The minimum absolute atomic E-state index is 0.0602. The molecular formula is C24H36BClN4O2. The van der Waals surface area contributed by atoms with Crippen molar-refractivity contribution in [2.24, 2.45) is 36.6 Å². The van der Waals surface area contributed by atoms with Crippen LogP contribution in [0, 0.1) is 29.6 Å². The van der Waals surface area contributed by atoms with E-state index in [-0.39, 0.29) is 5.78 Å². The van der Waals surface area contributed by atoms with Crippen LogP contribution in [0.3, 0.4) is 0 Å². The summed E-state index contributed by atoms with van der Waals surface area (Å²) >= 11 is 6.74. The summed E-state index contributed by atoms with van der Waals surface area (Å²) < 4.78 is 1.76. The summed E-state index contributed by atoms with van der Waals surface area (Å²) in [6.45, 7) is 2.80. The molecular weight excluding hydrogens is 423 g/mol. The van der Waals surface area contributed by atoms with Crippen molar-refractivity contribution in [3.05, 3.63) is 10.7 Å². The Bertz CT molecular complexity index is 852. The summed E-state index contributed by atoms with van der Waals surface area (Å²) in [7, 11) is 9.79. The number of halogens is 1. The van der Waals surface area contributed by atoms with Gasteiger partial charge in [-0.15, -0.1) is 0 Å². The van der Waals surface area contributed by atoms with Crippen LogP contribution in [0.4, 0.5) is 5.82 Å². The van der Waals surface area contributed by atoms with E-state index < -0.39 is 5.60 Å². The molecule has 8 heteroatoms. The lowest BCUT2D eigenvalue weighted by atomic mass is 9.49. The molecule has 1 aliphatic heterocycles. The zero-order valence-corrected chi connectivity index (χ0v) is 20.2. The Morgan fingerprint density at radius 2 is 1.91 bits per heavy atom. The van der Waals surface area contributed by atoms with Gasteiger partial charge in [0.2, 0.25) is 0 Å². The molecule has 5 fully saturated rings. The van der Waals surface area contributed by atoms with Gasteiger partial charge >= 0.3 is 0 Å². The molecule has 5 aliphatic rings. The maximum Gasteiger partial charge on any atom is 0.184 e. The Kier molecular flexibility index (Phi) is 6.13. The smallest absolute Gasteiger partial charge is 0.184 e. The van der Waals surface area contributed by atoms with E-state index >= 15 is 0 Å². The van der Waals surface area contributed by atoms with Gasteiger partial charge in [0.1, 0.15) is 16.5 Å². The van der Waals surface area contributed by atoms with Crippen molar-refractivity contribution >= 4 is 31.2 Å². The van der Waals surface area contributed by atoms with Gasteiger partial charge in [-0.2, -0.15) is 5.10 Å². The Hall–Kier alpha value is -1.05. The summed E-state index contributed by atoms with van der Waals surface area (Å²) in [4.78, 5) is 17.3. The van der Waals surface area contributed by atoms with Gasteiger partial charge in [-0.25, -0.2) is 0 Å². The number of hydrogen-bond acceptors (Lipinski definition) is 5. The van der Waals surface area contributed by atoms with Gasteiger partial charge in [0.05, 0.1) is 5.60 Å². The van der Waals surface area contributed by atoms with E-state index in [0.717, 1.165) is 64.0 Å². The van der Waals surface area contributed by atoms with Gasteiger partial charge in [0, 0.05) is 27.1 Å². The van der Waals surface area contributed by atoms with E-state index in [1.165, 1.54) is 12.8 Å². The first-order valence-electron chi connectivity index (χ1n) is 12.4. The molecule has 4 bridgehead atoms. The second-order valence-corrected chi connectivity index (χ2v) is 11.7. The van der Waals surface area contributed by atoms with E-state index in [0.29, 0.717) is 46.7 Å². The molecule has 2 heterocycles. The molecule has 0 amide bonds. The molecule has 0 aromatic carbocycles. The van der Waals surface area contributed by atoms with E-state index in [9.17, 15) is 9.90 Å². The quantitative estimate of drug-likeness (QED) is 0.501. The van der Waals surface area contributed by atoms with Gasteiger partial charge < -0.3 is 14.8 Å². The van der Waals surface area contributed by atoms with Crippen molar-refractivity contribution in [1.82, 2.24) is 14.6 Å². The Labute approximate surface area is 198 Å². The van der Waals surface area contributed by atoms with Crippen molar-refractivity contribution in [1.29, 1.82) is 0 Å². The molecule has 2 radical (unpaired) electrons. The van der Waals surface area contributed by atoms with E-state index in [1.54, 1.807) is 4.68 Å². The fourth-order valence-electron chi connectivity index (χ4n) is 7.54. The van der Waals surface area contributed by atoms with Crippen LogP contribution in [0.2, 0.25) is 5.02 Å². The molecule has 1 saturated heterocycles. The first-order chi connectivity index (χ1) is 15.2. The van der Waals surface area contributed by atoms with Gasteiger partial charge in [-0.3, -0.25) is 9.48 Å². The number of piperidine rings is 1. The minimum atomic E-state index is -0.463. The van der Waals surface area contributed by atoms with Gasteiger partial charge in [-0.1, -0.05) is 11.6 Å². The molecule has 2 unspecified atom stereocenters. The molecule has 6 nitrogen and oxygen atoms in total. The largest absolute Gasteiger partial charge is 0.390 e. The number of aliphatic hydroxyl groups is 1. The molecule has 174 valence electrons. The van der Waals surface area contributed by atoms with Crippen molar-refractivity contribution in [3.8, 4) is 0 Å². The SMILES string of the molecule is [B]N1CCC(CCN(C)c2c(Cl)c(C(=O)CC3C4CC5CC3CC(O)(C5)C4)nn2C)CC1. The lowest BCUT2D eigenvalue weighted by molar-refractivity contribution is -0.151. The maximum atomic E-state index is 13.3. The summed E-state index contributed by atoms with van der Waals surface area (Å²) in [5, 5.41) is 15.9. The predicted octanol–water partition coefficient (Wildman–Crippen LogP) is 3.46. The molecule has 1 aromatic heterocycles. The van der Waals surface area contributed by atoms with Crippen LogP contribution in [-0.4, -0.2) is 65.7 Å². The average molecular weight is 459 g/mol. The number of aryl methyl sites for hydroxylation is 1. The number of aromatic nitrogens is 2. The molecule has 2 atom stereocenters. The zero-order valence-electron chi connectivity index (χ0n) is 19.5. The highest BCUT2D eigenvalue weighted by Crippen LogP contribution is 2.59. The maximum absolute atomic E-state index is 13.3. The lowest BCUT2D eigenvalue weighted by Gasteiger charge is -2.58.